The molecule has 96 valence electrons. The standard InChI is InChI=1S/C15H12N2S.ClH/c16-15-14-12(8-9-18-14)10-13(17-15)7-6-11-4-2-1-3-5-11;/h1-5,8-9,13H,10H2,(H2,16,17);1H. The Bertz CT molecular complexity index is 650. The molecule has 2 nitrogen and oxygen atoms in total. The monoisotopic (exact) mass is 288 g/mol. The van der Waals surface area contributed by atoms with Crippen LogP contribution in [0.2, 0.25) is 0 Å². The molecule has 1 atom stereocenters. The molecule has 4 heteroatoms. The maximum atomic E-state index is 5.94. The number of benzene rings is 1. The number of amidine groups is 1. The smallest absolute Gasteiger partial charge is 0.137 e. The van der Waals surface area contributed by atoms with Crippen molar-refractivity contribution in [3.05, 3.63) is 57.8 Å². The zero-order valence-electron chi connectivity index (χ0n) is 10.2. The molecule has 2 aromatic rings. The van der Waals surface area contributed by atoms with Crippen LogP contribution in [0.15, 0.2) is 46.8 Å². The molecular weight excluding hydrogens is 276 g/mol. The van der Waals surface area contributed by atoms with Crippen molar-refractivity contribution in [2.24, 2.45) is 10.7 Å². The lowest BCUT2D eigenvalue weighted by Gasteiger charge is -2.13. The number of thiophene rings is 1. The van der Waals surface area contributed by atoms with E-state index in [1.165, 1.54) is 5.56 Å². The molecule has 1 unspecified atom stereocenters. The van der Waals surface area contributed by atoms with E-state index in [0.29, 0.717) is 5.84 Å². The molecule has 1 aromatic heterocycles. The number of fused-ring (bicyclic) bond motifs is 1. The fourth-order valence-corrected chi connectivity index (χ4v) is 2.82. The van der Waals surface area contributed by atoms with Gasteiger partial charge in [0, 0.05) is 12.0 Å². The molecule has 0 saturated heterocycles. The fourth-order valence-electron chi connectivity index (χ4n) is 1.97. The van der Waals surface area contributed by atoms with E-state index in [9.17, 15) is 0 Å². The lowest BCUT2D eigenvalue weighted by molar-refractivity contribution is 0.822. The maximum Gasteiger partial charge on any atom is 0.137 e. The summed E-state index contributed by atoms with van der Waals surface area (Å²) in [5.74, 6) is 6.96. The van der Waals surface area contributed by atoms with Crippen molar-refractivity contribution in [3.63, 3.8) is 0 Å². The van der Waals surface area contributed by atoms with Gasteiger partial charge < -0.3 is 5.73 Å². The van der Waals surface area contributed by atoms with E-state index in [4.69, 9.17) is 5.73 Å². The summed E-state index contributed by atoms with van der Waals surface area (Å²) >= 11 is 1.65. The van der Waals surface area contributed by atoms with Gasteiger partial charge in [-0.2, -0.15) is 0 Å². The van der Waals surface area contributed by atoms with Crippen molar-refractivity contribution in [1.82, 2.24) is 0 Å². The van der Waals surface area contributed by atoms with E-state index in [1.54, 1.807) is 11.3 Å². The van der Waals surface area contributed by atoms with E-state index in [1.807, 2.05) is 30.3 Å². The Balaban J connectivity index is 0.00000133. The first-order chi connectivity index (χ1) is 8.83. The SMILES string of the molecule is Cl.NC1=NC(C#Cc2ccccc2)Cc2ccsc21. The molecule has 2 N–H and O–H groups in total. The molecule has 0 radical (unpaired) electrons. The highest BCUT2D eigenvalue weighted by atomic mass is 35.5. The zero-order chi connectivity index (χ0) is 12.4. The number of nitrogens with zero attached hydrogens (tertiary/aromatic N) is 1. The molecule has 1 aromatic carbocycles. The molecular formula is C15H13ClN2S. The first-order valence-corrected chi connectivity index (χ1v) is 6.67. The van der Waals surface area contributed by atoms with Gasteiger partial charge in [0.1, 0.15) is 11.9 Å². The van der Waals surface area contributed by atoms with Gasteiger partial charge >= 0.3 is 0 Å². The molecule has 0 saturated carbocycles. The lowest BCUT2D eigenvalue weighted by Crippen LogP contribution is -2.23. The number of halogens is 1. The summed E-state index contributed by atoms with van der Waals surface area (Å²) in [6.45, 7) is 0. The van der Waals surface area contributed by atoms with E-state index in [2.05, 4.69) is 28.3 Å². The van der Waals surface area contributed by atoms with Crippen LogP contribution in [0.1, 0.15) is 16.0 Å². The van der Waals surface area contributed by atoms with Crippen molar-refractivity contribution in [3.8, 4) is 11.8 Å². The van der Waals surface area contributed by atoms with Crippen LogP contribution in [0.3, 0.4) is 0 Å². The van der Waals surface area contributed by atoms with Crippen LogP contribution in [0.25, 0.3) is 0 Å². The Labute approximate surface area is 122 Å². The van der Waals surface area contributed by atoms with E-state index in [0.717, 1.165) is 16.9 Å². The van der Waals surface area contributed by atoms with Gasteiger partial charge in [-0.15, -0.1) is 23.7 Å². The van der Waals surface area contributed by atoms with E-state index < -0.39 is 0 Å². The van der Waals surface area contributed by atoms with E-state index >= 15 is 0 Å². The molecule has 0 spiro atoms. The number of rotatable bonds is 0. The molecule has 0 bridgehead atoms. The minimum atomic E-state index is -0.0210. The normalized spacial score (nSPS) is 16.4. The Morgan fingerprint density at radius 1 is 1.21 bits per heavy atom. The predicted molar refractivity (Wildman–Crippen MR) is 83.1 cm³/mol. The summed E-state index contributed by atoms with van der Waals surface area (Å²) < 4.78 is 0. The van der Waals surface area contributed by atoms with Crippen molar-refractivity contribution in [2.45, 2.75) is 12.5 Å². The number of hydrogen-bond donors (Lipinski definition) is 1. The summed E-state index contributed by atoms with van der Waals surface area (Å²) in [5, 5.41) is 2.06. The zero-order valence-corrected chi connectivity index (χ0v) is 11.8. The highest BCUT2D eigenvalue weighted by Gasteiger charge is 2.18. The van der Waals surface area contributed by atoms with Crippen molar-refractivity contribution < 1.29 is 0 Å². The van der Waals surface area contributed by atoms with Gasteiger partial charge in [0.05, 0.1) is 4.88 Å². The summed E-state index contributed by atoms with van der Waals surface area (Å²) in [6, 6.07) is 12.0. The van der Waals surface area contributed by atoms with Crippen molar-refractivity contribution in [2.75, 3.05) is 0 Å². The molecule has 3 rings (SSSR count). The van der Waals surface area contributed by atoms with Crippen LogP contribution in [0.4, 0.5) is 0 Å². The summed E-state index contributed by atoms with van der Waals surface area (Å²) in [4.78, 5) is 5.55. The number of nitrogens with two attached hydrogens (primary N) is 1. The van der Waals surface area contributed by atoms with Crippen molar-refractivity contribution in [1.29, 1.82) is 0 Å². The quantitative estimate of drug-likeness (QED) is 0.744. The summed E-state index contributed by atoms with van der Waals surface area (Å²) in [6.07, 6.45) is 0.860. The predicted octanol–water partition coefficient (Wildman–Crippen LogP) is 2.85. The molecule has 0 aliphatic carbocycles. The second-order valence-electron chi connectivity index (χ2n) is 4.14. The van der Waals surface area contributed by atoms with Crippen LogP contribution in [-0.4, -0.2) is 11.9 Å². The first-order valence-electron chi connectivity index (χ1n) is 5.79. The second-order valence-corrected chi connectivity index (χ2v) is 5.06. The van der Waals surface area contributed by atoms with Crippen LogP contribution < -0.4 is 5.73 Å². The third kappa shape index (κ3) is 2.98. The van der Waals surface area contributed by atoms with E-state index in [-0.39, 0.29) is 18.4 Å². The second kappa shape index (κ2) is 5.92. The largest absolute Gasteiger partial charge is 0.383 e. The Morgan fingerprint density at radius 3 is 2.79 bits per heavy atom. The average Bonchev–Trinajstić information content (AvgIpc) is 2.86. The molecule has 0 amide bonds. The average molecular weight is 289 g/mol. The maximum absolute atomic E-state index is 5.94. The third-order valence-corrected chi connectivity index (χ3v) is 3.82. The minimum Gasteiger partial charge on any atom is -0.383 e. The van der Waals surface area contributed by atoms with Crippen molar-refractivity contribution >= 4 is 29.6 Å². The summed E-state index contributed by atoms with van der Waals surface area (Å²) in [7, 11) is 0. The molecule has 0 fully saturated rings. The molecule has 1 aliphatic rings. The van der Waals surface area contributed by atoms with Crippen LogP contribution in [-0.2, 0) is 6.42 Å². The van der Waals surface area contributed by atoms with Gasteiger partial charge in [-0.1, -0.05) is 30.0 Å². The topological polar surface area (TPSA) is 38.4 Å². The molecule has 19 heavy (non-hydrogen) atoms. The first kappa shape index (κ1) is 13.7. The number of aliphatic imine (C=N–C) groups is 1. The highest BCUT2D eigenvalue weighted by molar-refractivity contribution is 7.12. The van der Waals surface area contributed by atoms with Gasteiger partial charge in [-0.3, -0.25) is 4.99 Å². The van der Waals surface area contributed by atoms with Crippen LogP contribution >= 0.6 is 23.7 Å². The Kier molecular flexibility index (Phi) is 4.26. The third-order valence-electron chi connectivity index (χ3n) is 2.84. The fraction of sp³-hybridized carbons (Fsp3) is 0.133. The lowest BCUT2D eigenvalue weighted by atomic mass is 10.0. The van der Waals surface area contributed by atoms with Gasteiger partial charge in [0.2, 0.25) is 0 Å². The highest BCUT2D eigenvalue weighted by Crippen LogP contribution is 2.23. The van der Waals surface area contributed by atoms with Gasteiger partial charge in [0.25, 0.3) is 0 Å². The Hall–Kier alpha value is -1.76. The summed E-state index contributed by atoms with van der Waals surface area (Å²) in [5.41, 5.74) is 8.22. The molecule has 1 aliphatic heterocycles. The van der Waals surface area contributed by atoms with Gasteiger partial charge in [-0.05, 0) is 29.1 Å². The number of hydrogen-bond acceptors (Lipinski definition) is 3. The molecule has 2 heterocycles. The Morgan fingerprint density at radius 2 is 2.00 bits per heavy atom. The van der Waals surface area contributed by atoms with Crippen LogP contribution in [0, 0.1) is 11.8 Å². The van der Waals surface area contributed by atoms with Gasteiger partial charge in [0.15, 0.2) is 0 Å². The minimum absolute atomic E-state index is 0. The van der Waals surface area contributed by atoms with Crippen LogP contribution in [0.5, 0.6) is 0 Å². The van der Waals surface area contributed by atoms with Gasteiger partial charge in [-0.25, -0.2) is 0 Å².